The van der Waals surface area contributed by atoms with Gasteiger partial charge in [0.25, 0.3) is 0 Å². The zero-order valence-corrected chi connectivity index (χ0v) is 10.9. The van der Waals surface area contributed by atoms with Crippen molar-refractivity contribution in [3.8, 4) is 6.07 Å². The lowest BCUT2D eigenvalue weighted by molar-refractivity contribution is 0.589. The van der Waals surface area contributed by atoms with E-state index in [0.717, 1.165) is 12.0 Å². The van der Waals surface area contributed by atoms with E-state index in [0.29, 0.717) is 0 Å². The average molecular weight is 229 g/mol. The van der Waals surface area contributed by atoms with E-state index in [2.05, 4.69) is 25.1 Å². The summed E-state index contributed by atoms with van der Waals surface area (Å²) in [5.74, 6) is 0. The standard InChI is InChI=1S/C16H23N/c1-2-3-4-5-6-7-8-9-15-10-12-16(14-17)13-11-15/h10-13H,2-9H2,1H3. The van der Waals surface area contributed by atoms with E-state index in [4.69, 9.17) is 5.26 Å². The first kappa shape index (κ1) is 13.8. The van der Waals surface area contributed by atoms with Crippen LogP contribution >= 0.6 is 0 Å². The number of hydrogen-bond acceptors (Lipinski definition) is 1. The van der Waals surface area contributed by atoms with Crippen molar-refractivity contribution in [1.82, 2.24) is 0 Å². The lowest BCUT2D eigenvalue weighted by Gasteiger charge is -2.02. The molecule has 1 rings (SSSR count). The summed E-state index contributed by atoms with van der Waals surface area (Å²) in [7, 11) is 0. The maximum absolute atomic E-state index is 8.70. The van der Waals surface area contributed by atoms with Crippen LogP contribution in [0.3, 0.4) is 0 Å². The molecule has 0 saturated heterocycles. The molecule has 0 radical (unpaired) electrons. The Hall–Kier alpha value is -1.29. The van der Waals surface area contributed by atoms with Crippen molar-refractivity contribution in [1.29, 1.82) is 5.26 Å². The van der Waals surface area contributed by atoms with Gasteiger partial charge in [0.1, 0.15) is 0 Å². The molecule has 92 valence electrons. The van der Waals surface area contributed by atoms with Crippen LogP contribution in [-0.2, 0) is 6.42 Å². The highest BCUT2D eigenvalue weighted by Crippen LogP contribution is 2.11. The summed E-state index contributed by atoms with van der Waals surface area (Å²) in [6.45, 7) is 2.25. The molecule has 0 amide bonds. The van der Waals surface area contributed by atoms with Crippen molar-refractivity contribution < 1.29 is 0 Å². The highest BCUT2D eigenvalue weighted by Gasteiger charge is 1.95. The van der Waals surface area contributed by atoms with Crippen molar-refractivity contribution in [2.24, 2.45) is 0 Å². The molecule has 0 spiro atoms. The maximum atomic E-state index is 8.70. The third-order valence-corrected chi connectivity index (χ3v) is 3.15. The van der Waals surface area contributed by atoms with Gasteiger partial charge in [-0.15, -0.1) is 0 Å². The van der Waals surface area contributed by atoms with E-state index in [1.807, 2.05) is 12.1 Å². The molecule has 0 fully saturated rings. The van der Waals surface area contributed by atoms with Crippen LogP contribution in [0.1, 0.15) is 63.0 Å². The second kappa shape index (κ2) is 8.82. The quantitative estimate of drug-likeness (QED) is 0.584. The number of hydrogen-bond donors (Lipinski definition) is 0. The number of unbranched alkanes of at least 4 members (excludes halogenated alkanes) is 6. The number of nitriles is 1. The molecule has 0 aromatic heterocycles. The molecular weight excluding hydrogens is 206 g/mol. The predicted octanol–water partition coefficient (Wildman–Crippen LogP) is 4.85. The van der Waals surface area contributed by atoms with Crippen molar-refractivity contribution in [2.45, 2.75) is 58.3 Å². The lowest BCUT2D eigenvalue weighted by Crippen LogP contribution is -1.86. The van der Waals surface area contributed by atoms with E-state index in [-0.39, 0.29) is 0 Å². The van der Waals surface area contributed by atoms with Crippen LogP contribution < -0.4 is 0 Å². The van der Waals surface area contributed by atoms with Gasteiger partial charge in [0, 0.05) is 0 Å². The zero-order chi connectivity index (χ0) is 12.3. The van der Waals surface area contributed by atoms with Crippen LogP contribution in [0.4, 0.5) is 0 Å². The van der Waals surface area contributed by atoms with E-state index in [9.17, 15) is 0 Å². The Morgan fingerprint density at radius 1 is 0.882 bits per heavy atom. The molecule has 0 aliphatic rings. The van der Waals surface area contributed by atoms with Gasteiger partial charge < -0.3 is 0 Å². The number of aryl methyl sites for hydroxylation is 1. The maximum Gasteiger partial charge on any atom is 0.0991 e. The summed E-state index contributed by atoms with van der Waals surface area (Å²) < 4.78 is 0. The Bertz CT molecular complexity index is 332. The third kappa shape index (κ3) is 6.12. The van der Waals surface area contributed by atoms with Crippen molar-refractivity contribution in [3.63, 3.8) is 0 Å². The molecule has 0 atom stereocenters. The smallest absolute Gasteiger partial charge is 0.0991 e. The lowest BCUT2D eigenvalue weighted by atomic mass is 10.0. The van der Waals surface area contributed by atoms with Gasteiger partial charge in [0.2, 0.25) is 0 Å². The van der Waals surface area contributed by atoms with Crippen molar-refractivity contribution in [2.75, 3.05) is 0 Å². The van der Waals surface area contributed by atoms with Gasteiger partial charge in [-0.05, 0) is 30.5 Å². The molecule has 1 aromatic carbocycles. The fraction of sp³-hybridized carbons (Fsp3) is 0.562. The highest BCUT2D eigenvalue weighted by atomic mass is 14.2. The molecule has 0 bridgehead atoms. The molecule has 0 aliphatic heterocycles. The largest absolute Gasteiger partial charge is 0.192 e. The second-order valence-corrected chi connectivity index (χ2v) is 4.68. The normalized spacial score (nSPS) is 10.1. The Kier molecular flexibility index (Phi) is 7.14. The summed E-state index contributed by atoms with van der Waals surface area (Å²) in [5.41, 5.74) is 2.12. The average Bonchev–Trinajstić information content (AvgIpc) is 2.38. The van der Waals surface area contributed by atoms with Gasteiger partial charge in [0.15, 0.2) is 0 Å². The van der Waals surface area contributed by atoms with Gasteiger partial charge >= 0.3 is 0 Å². The van der Waals surface area contributed by atoms with Crippen LogP contribution in [-0.4, -0.2) is 0 Å². The van der Waals surface area contributed by atoms with Gasteiger partial charge in [0.05, 0.1) is 11.6 Å². The molecule has 1 heteroatoms. The predicted molar refractivity (Wildman–Crippen MR) is 72.9 cm³/mol. The zero-order valence-electron chi connectivity index (χ0n) is 10.9. The van der Waals surface area contributed by atoms with E-state index < -0.39 is 0 Å². The van der Waals surface area contributed by atoms with Crippen LogP contribution in [0.15, 0.2) is 24.3 Å². The van der Waals surface area contributed by atoms with E-state index >= 15 is 0 Å². The molecule has 0 unspecified atom stereocenters. The molecule has 0 heterocycles. The van der Waals surface area contributed by atoms with Gasteiger partial charge in [-0.2, -0.15) is 5.26 Å². The minimum absolute atomic E-state index is 0.758. The minimum atomic E-state index is 0.758. The van der Waals surface area contributed by atoms with Gasteiger partial charge in [-0.1, -0.05) is 57.6 Å². The first-order valence-electron chi connectivity index (χ1n) is 6.86. The molecule has 17 heavy (non-hydrogen) atoms. The minimum Gasteiger partial charge on any atom is -0.192 e. The Labute approximate surface area is 105 Å². The first-order chi connectivity index (χ1) is 8.36. The fourth-order valence-corrected chi connectivity index (χ4v) is 2.03. The number of benzene rings is 1. The van der Waals surface area contributed by atoms with Crippen molar-refractivity contribution >= 4 is 0 Å². The Balaban J connectivity index is 2.08. The summed E-state index contributed by atoms with van der Waals surface area (Å²) >= 11 is 0. The SMILES string of the molecule is CCCCCCCCCc1ccc(C#N)cc1. The molecule has 1 nitrogen and oxygen atoms in total. The van der Waals surface area contributed by atoms with Gasteiger partial charge in [-0.3, -0.25) is 0 Å². The van der Waals surface area contributed by atoms with Crippen molar-refractivity contribution in [3.05, 3.63) is 35.4 Å². The van der Waals surface area contributed by atoms with Crippen LogP contribution in [0, 0.1) is 11.3 Å². The van der Waals surface area contributed by atoms with Crippen LogP contribution in [0.25, 0.3) is 0 Å². The molecule has 0 N–H and O–H groups in total. The van der Waals surface area contributed by atoms with E-state index in [1.54, 1.807) is 0 Å². The number of nitrogens with zero attached hydrogens (tertiary/aromatic N) is 1. The Morgan fingerprint density at radius 2 is 1.47 bits per heavy atom. The molecular formula is C16H23N. The summed E-state index contributed by atoms with van der Waals surface area (Å²) in [5, 5.41) is 8.70. The summed E-state index contributed by atoms with van der Waals surface area (Å²) in [6, 6.07) is 10.1. The molecule has 0 saturated carbocycles. The van der Waals surface area contributed by atoms with Crippen LogP contribution in [0.2, 0.25) is 0 Å². The Morgan fingerprint density at radius 3 is 2.06 bits per heavy atom. The van der Waals surface area contributed by atoms with E-state index in [1.165, 1.54) is 50.5 Å². The van der Waals surface area contributed by atoms with Gasteiger partial charge in [-0.25, -0.2) is 0 Å². The molecule has 0 aliphatic carbocycles. The third-order valence-electron chi connectivity index (χ3n) is 3.15. The monoisotopic (exact) mass is 229 g/mol. The second-order valence-electron chi connectivity index (χ2n) is 4.68. The van der Waals surface area contributed by atoms with Crippen LogP contribution in [0.5, 0.6) is 0 Å². The number of rotatable bonds is 8. The summed E-state index contributed by atoms with van der Waals surface area (Å²) in [6.07, 6.45) is 10.6. The topological polar surface area (TPSA) is 23.8 Å². The first-order valence-corrected chi connectivity index (χ1v) is 6.86. The summed E-state index contributed by atoms with van der Waals surface area (Å²) in [4.78, 5) is 0. The fourth-order valence-electron chi connectivity index (χ4n) is 2.03. The highest BCUT2D eigenvalue weighted by molar-refractivity contribution is 5.31. The molecule has 1 aromatic rings.